The molecule has 0 saturated carbocycles. The summed E-state index contributed by atoms with van der Waals surface area (Å²) in [6.45, 7) is 8.12. The van der Waals surface area contributed by atoms with Gasteiger partial charge < -0.3 is 4.90 Å². The lowest BCUT2D eigenvalue weighted by Crippen LogP contribution is -2.23. The van der Waals surface area contributed by atoms with Gasteiger partial charge in [0, 0.05) is 18.8 Å². The number of hydrogen-bond acceptors (Lipinski definition) is 1. The summed E-state index contributed by atoms with van der Waals surface area (Å²) in [5.74, 6) is 0. The van der Waals surface area contributed by atoms with Crippen LogP contribution < -0.4 is 4.90 Å². The molecule has 0 aliphatic rings. The number of benzene rings is 1. The Labute approximate surface area is 75.0 Å². The van der Waals surface area contributed by atoms with Crippen LogP contribution in [0.4, 0.5) is 5.69 Å². The second-order valence-electron chi connectivity index (χ2n) is 2.77. The van der Waals surface area contributed by atoms with Gasteiger partial charge in [0.15, 0.2) is 0 Å². The molecule has 0 aromatic heterocycles. The van der Waals surface area contributed by atoms with Crippen LogP contribution in [0.2, 0.25) is 0 Å². The Morgan fingerprint density at radius 2 is 1.92 bits per heavy atom. The van der Waals surface area contributed by atoms with Crippen LogP contribution in [0.5, 0.6) is 0 Å². The van der Waals surface area contributed by atoms with Crippen LogP contribution in [0.1, 0.15) is 13.3 Å². The van der Waals surface area contributed by atoms with Crippen molar-refractivity contribution in [1.29, 1.82) is 0 Å². The van der Waals surface area contributed by atoms with E-state index in [0.29, 0.717) is 0 Å². The predicted octanol–water partition coefficient (Wildman–Crippen LogP) is 2.74. The molecule has 0 spiro atoms. The maximum atomic E-state index is 3.86. The quantitative estimate of drug-likeness (QED) is 0.658. The van der Waals surface area contributed by atoms with E-state index in [1.807, 2.05) is 6.07 Å². The molecule has 1 radical (unpaired) electrons. The Hall–Kier alpha value is -0.980. The van der Waals surface area contributed by atoms with Crippen LogP contribution in [-0.2, 0) is 0 Å². The molecule has 1 aromatic carbocycles. The first kappa shape index (κ1) is 9.11. The zero-order valence-electron chi connectivity index (χ0n) is 7.66. The van der Waals surface area contributed by atoms with Gasteiger partial charge in [0.1, 0.15) is 0 Å². The summed E-state index contributed by atoms with van der Waals surface area (Å²) in [5, 5.41) is 0. The Bertz CT molecular complexity index is 206. The fourth-order valence-corrected chi connectivity index (χ4v) is 1.30. The van der Waals surface area contributed by atoms with Crippen LogP contribution in [0.15, 0.2) is 30.3 Å². The maximum Gasteiger partial charge on any atom is 0.0366 e. The van der Waals surface area contributed by atoms with Crippen molar-refractivity contribution in [3.63, 3.8) is 0 Å². The van der Waals surface area contributed by atoms with E-state index in [2.05, 4.69) is 43.0 Å². The molecule has 0 saturated heterocycles. The van der Waals surface area contributed by atoms with Crippen LogP contribution in [0.25, 0.3) is 0 Å². The van der Waals surface area contributed by atoms with Gasteiger partial charge in [-0.3, -0.25) is 0 Å². The fraction of sp³-hybridized carbons (Fsp3) is 0.364. The lowest BCUT2D eigenvalue weighted by atomic mass is 10.3. The Kier molecular flexibility index (Phi) is 3.65. The van der Waals surface area contributed by atoms with Crippen molar-refractivity contribution in [3.8, 4) is 0 Å². The minimum atomic E-state index is 0.961. The molecule has 1 rings (SSSR count). The second-order valence-corrected chi connectivity index (χ2v) is 2.77. The maximum absolute atomic E-state index is 3.86. The second kappa shape index (κ2) is 4.81. The first-order chi connectivity index (χ1) is 5.88. The van der Waals surface area contributed by atoms with Gasteiger partial charge in [0.25, 0.3) is 0 Å². The highest BCUT2D eigenvalue weighted by atomic mass is 15.1. The molecule has 0 aliphatic carbocycles. The van der Waals surface area contributed by atoms with Crippen LogP contribution >= 0.6 is 0 Å². The van der Waals surface area contributed by atoms with Gasteiger partial charge in [-0.25, -0.2) is 0 Å². The molecule has 0 atom stereocenters. The Morgan fingerprint density at radius 1 is 1.25 bits per heavy atom. The fourth-order valence-electron chi connectivity index (χ4n) is 1.30. The highest BCUT2D eigenvalue weighted by molar-refractivity contribution is 5.45. The molecule has 0 aliphatic heterocycles. The Balaban J connectivity index is 2.66. The topological polar surface area (TPSA) is 3.24 Å². The first-order valence-corrected chi connectivity index (χ1v) is 4.47. The van der Waals surface area contributed by atoms with Crippen LogP contribution in [-0.4, -0.2) is 13.1 Å². The SMILES string of the molecule is [CH2]CCN(CC)c1ccccc1. The van der Waals surface area contributed by atoms with Crippen molar-refractivity contribution < 1.29 is 0 Å². The highest BCUT2D eigenvalue weighted by Crippen LogP contribution is 2.12. The predicted molar refractivity (Wildman–Crippen MR) is 54.3 cm³/mol. The van der Waals surface area contributed by atoms with Crippen LogP contribution in [0.3, 0.4) is 0 Å². The van der Waals surface area contributed by atoms with Gasteiger partial charge in [-0.2, -0.15) is 0 Å². The van der Waals surface area contributed by atoms with Gasteiger partial charge >= 0.3 is 0 Å². The molecule has 0 fully saturated rings. The summed E-state index contributed by atoms with van der Waals surface area (Å²) in [6, 6.07) is 10.5. The molecule has 0 heterocycles. The lowest BCUT2D eigenvalue weighted by Gasteiger charge is -2.21. The number of hydrogen-bond donors (Lipinski definition) is 0. The van der Waals surface area contributed by atoms with E-state index in [-0.39, 0.29) is 0 Å². The van der Waals surface area contributed by atoms with Crippen molar-refractivity contribution in [2.24, 2.45) is 0 Å². The van der Waals surface area contributed by atoms with Gasteiger partial charge in [0.05, 0.1) is 0 Å². The normalized spacial score (nSPS) is 9.83. The van der Waals surface area contributed by atoms with E-state index in [1.165, 1.54) is 5.69 Å². The third-order valence-electron chi connectivity index (χ3n) is 1.93. The van der Waals surface area contributed by atoms with E-state index in [0.717, 1.165) is 19.5 Å². The molecule has 1 heteroatoms. The summed E-state index contributed by atoms with van der Waals surface area (Å²) in [7, 11) is 0. The summed E-state index contributed by atoms with van der Waals surface area (Å²) in [6.07, 6.45) is 0.961. The van der Waals surface area contributed by atoms with Crippen molar-refractivity contribution in [2.45, 2.75) is 13.3 Å². The zero-order valence-corrected chi connectivity index (χ0v) is 7.66. The largest absolute Gasteiger partial charge is 0.372 e. The molecule has 65 valence electrons. The zero-order chi connectivity index (χ0) is 8.81. The van der Waals surface area contributed by atoms with Crippen molar-refractivity contribution in [1.82, 2.24) is 0 Å². The standard InChI is InChI=1S/C11H16N/c1-3-10-12(4-2)11-8-6-5-7-9-11/h5-9H,1,3-4,10H2,2H3. The molecule has 1 nitrogen and oxygen atoms in total. The summed E-state index contributed by atoms with van der Waals surface area (Å²) >= 11 is 0. The van der Waals surface area contributed by atoms with E-state index in [1.54, 1.807) is 0 Å². The minimum absolute atomic E-state index is 0.961. The van der Waals surface area contributed by atoms with E-state index in [9.17, 15) is 0 Å². The van der Waals surface area contributed by atoms with Crippen molar-refractivity contribution in [3.05, 3.63) is 37.3 Å². The summed E-state index contributed by atoms with van der Waals surface area (Å²) in [5.41, 5.74) is 1.30. The molecular formula is C11H16N. The van der Waals surface area contributed by atoms with E-state index >= 15 is 0 Å². The van der Waals surface area contributed by atoms with E-state index < -0.39 is 0 Å². The third kappa shape index (κ3) is 2.26. The molecule has 12 heavy (non-hydrogen) atoms. The minimum Gasteiger partial charge on any atom is -0.372 e. The van der Waals surface area contributed by atoms with E-state index in [4.69, 9.17) is 0 Å². The smallest absolute Gasteiger partial charge is 0.0366 e. The van der Waals surface area contributed by atoms with Gasteiger partial charge in [0.2, 0.25) is 0 Å². The number of para-hydroxylation sites is 1. The monoisotopic (exact) mass is 162 g/mol. The Morgan fingerprint density at radius 3 is 2.42 bits per heavy atom. The third-order valence-corrected chi connectivity index (χ3v) is 1.93. The molecular weight excluding hydrogens is 146 g/mol. The summed E-state index contributed by atoms with van der Waals surface area (Å²) < 4.78 is 0. The van der Waals surface area contributed by atoms with Crippen molar-refractivity contribution in [2.75, 3.05) is 18.0 Å². The summed E-state index contributed by atoms with van der Waals surface area (Å²) in [4.78, 5) is 2.33. The van der Waals surface area contributed by atoms with Gasteiger partial charge in [-0.15, -0.1) is 0 Å². The molecule has 0 unspecified atom stereocenters. The average molecular weight is 162 g/mol. The van der Waals surface area contributed by atoms with Gasteiger partial charge in [-0.05, 0) is 25.5 Å². The first-order valence-electron chi connectivity index (χ1n) is 4.47. The van der Waals surface area contributed by atoms with Crippen LogP contribution in [0, 0.1) is 6.92 Å². The molecule has 0 bridgehead atoms. The van der Waals surface area contributed by atoms with Gasteiger partial charge in [-0.1, -0.05) is 25.1 Å². The molecule has 1 aromatic rings. The number of nitrogens with zero attached hydrogens (tertiary/aromatic N) is 1. The highest BCUT2D eigenvalue weighted by Gasteiger charge is 1.99. The lowest BCUT2D eigenvalue weighted by molar-refractivity contribution is 0.821. The molecule has 0 amide bonds. The average Bonchev–Trinajstić information content (AvgIpc) is 2.15. The number of rotatable bonds is 4. The molecule has 0 N–H and O–H groups in total. The van der Waals surface area contributed by atoms with Crippen molar-refractivity contribution >= 4 is 5.69 Å². The number of anilines is 1.